The maximum absolute atomic E-state index is 13.3. The Balaban J connectivity index is 1.85. The molecule has 0 aliphatic carbocycles. The van der Waals surface area contributed by atoms with E-state index >= 15 is 0 Å². The third-order valence-corrected chi connectivity index (χ3v) is 6.56. The minimum Gasteiger partial charge on any atom is -0.276 e. The molecule has 0 amide bonds. The summed E-state index contributed by atoms with van der Waals surface area (Å²) in [5, 5.41) is 4.27. The Labute approximate surface area is 165 Å². The van der Waals surface area contributed by atoms with E-state index in [4.69, 9.17) is 0 Å². The fraction of sp³-hybridized carbons (Fsp3) is 0.238. The van der Waals surface area contributed by atoms with E-state index in [1.165, 1.54) is 4.31 Å². The second-order valence-corrected chi connectivity index (χ2v) is 9.11. The van der Waals surface area contributed by atoms with Crippen LogP contribution in [0.1, 0.15) is 36.5 Å². The fourth-order valence-corrected chi connectivity index (χ4v) is 5.04. The Morgan fingerprint density at radius 3 is 2.57 bits per heavy atom. The average Bonchev–Trinajstić information content (AvgIpc) is 3.25. The number of allylic oxidation sites excluding steroid dienone is 1. The number of benzene rings is 1. The van der Waals surface area contributed by atoms with Crippen molar-refractivity contribution in [1.29, 1.82) is 0 Å². The van der Waals surface area contributed by atoms with Crippen LogP contribution in [-0.2, 0) is 17.1 Å². The molecular formula is C21H22N4O2S. The van der Waals surface area contributed by atoms with E-state index in [0.717, 1.165) is 22.3 Å². The smallest absolute Gasteiger partial charge is 0.265 e. The van der Waals surface area contributed by atoms with Crippen molar-refractivity contribution >= 4 is 21.9 Å². The Morgan fingerprint density at radius 1 is 1.18 bits per heavy atom. The molecule has 0 fully saturated rings. The van der Waals surface area contributed by atoms with Crippen molar-refractivity contribution in [2.45, 2.75) is 24.7 Å². The van der Waals surface area contributed by atoms with Crippen molar-refractivity contribution in [3.8, 4) is 0 Å². The first-order valence-electron chi connectivity index (χ1n) is 9.07. The third-order valence-electron chi connectivity index (χ3n) is 4.79. The lowest BCUT2D eigenvalue weighted by molar-refractivity contribution is 0.591. The molecule has 0 N–H and O–H groups in total. The maximum atomic E-state index is 13.3. The van der Waals surface area contributed by atoms with E-state index in [9.17, 15) is 8.42 Å². The zero-order valence-corrected chi connectivity index (χ0v) is 16.9. The summed E-state index contributed by atoms with van der Waals surface area (Å²) in [4.78, 5) is 4.81. The first kappa shape index (κ1) is 18.4. The minimum atomic E-state index is -3.69. The van der Waals surface area contributed by atoms with Gasteiger partial charge < -0.3 is 0 Å². The number of aromatic nitrogens is 3. The molecule has 4 rings (SSSR count). The summed E-state index contributed by atoms with van der Waals surface area (Å²) in [5.41, 5.74) is 4.01. The maximum Gasteiger partial charge on any atom is 0.265 e. The third kappa shape index (κ3) is 3.22. The van der Waals surface area contributed by atoms with Crippen LogP contribution in [0.25, 0.3) is 6.08 Å². The monoisotopic (exact) mass is 394 g/mol. The van der Waals surface area contributed by atoms with E-state index in [1.54, 1.807) is 47.4 Å². The molecule has 0 saturated carbocycles. The van der Waals surface area contributed by atoms with Gasteiger partial charge in [0, 0.05) is 37.5 Å². The molecule has 1 aromatic carbocycles. The summed E-state index contributed by atoms with van der Waals surface area (Å²) in [7, 11) is -1.84. The molecule has 0 spiro atoms. The molecule has 1 aliphatic rings. The van der Waals surface area contributed by atoms with E-state index in [2.05, 4.69) is 10.1 Å². The highest BCUT2D eigenvalue weighted by molar-refractivity contribution is 7.92. The molecular weight excluding hydrogens is 372 g/mol. The summed E-state index contributed by atoms with van der Waals surface area (Å²) < 4.78 is 29.7. The molecule has 2 aromatic heterocycles. The Kier molecular flexibility index (Phi) is 4.55. The number of nitrogens with zero attached hydrogens (tertiary/aromatic N) is 4. The van der Waals surface area contributed by atoms with Gasteiger partial charge in [-0.15, -0.1) is 0 Å². The number of pyridine rings is 1. The molecule has 0 radical (unpaired) electrons. The number of anilines is 1. The molecule has 144 valence electrons. The topological polar surface area (TPSA) is 68.1 Å². The molecule has 7 heteroatoms. The van der Waals surface area contributed by atoms with Crippen LogP contribution in [0.4, 0.5) is 5.82 Å². The van der Waals surface area contributed by atoms with Gasteiger partial charge in [0.15, 0.2) is 0 Å². The van der Waals surface area contributed by atoms with Crippen molar-refractivity contribution in [2.24, 2.45) is 7.05 Å². The summed E-state index contributed by atoms with van der Waals surface area (Å²) in [6, 6.07) is 10.5. The van der Waals surface area contributed by atoms with Gasteiger partial charge in [-0.3, -0.25) is 4.68 Å². The first-order chi connectivity index (χ1) is 13.4. The van der Waals surface area contributed by atoms with Crippen LogP contribution >= 0.6 is 0 Å². The number of fused-ring (bicyclic) bond motifs is 1. The zero-order valence-electron chi connectivity index (χ0n) is 16.1. The highest BCUT2D eigenvalue weighted by Gasteiger charge is 2.39. The predicted octanol–water partition coefficient (Wildman–Crippen LogP) is 3.58. The van der Waals surface area contributed by atoms with Crippen LogP contribution in [0.5, 0.6) is 0 Å². The highest BCUT2D eigenvalue weighted by atomic mass is 32.2. The Morgan fingerprint density at radius 2 is 1.93 bits per heavy atom. The van der Waals surface area contributed by atoms with Gasteiger partial charge in [-0.1, -0.05) is 29.8 Å². The minimum absolute atomic E-state index is 0.111. The normalized spacial score (nSPS) is 16.1. The van der Waals surface area contributed by atoms with Gasteiger partial charge in [0.05, 0.1) is 11.1 Å². The van der Waals surface area contributed by atoms with E-state index in [1.807, 2.05) is 39.2 Å². The van der Waals surface area contributed by atoms with Crippen molar-refractivity contribution in [3.63, 3.8) is 0 Å². The first-order valence-corrected chi connectivity index (χ1v) is 10.5. The van der Waals surface area contributed by atoms with Crippen LogP contribution in [0, 0.1) is 0 Å². The quantitative estimate of drug-likeness (QED) is 0.678. The lowest BCUT2D eigenvalue weighted by atomic mass is 9.96. The number of sulfonamides is 1. The standard InChI is InChI=1S/C21H22N4O2S/c1-15(2)9-16-10-19-20(17-12-23-24(3)13-17)14-25(21(19)22-11-16)28(26,27)18-7-5-4-6-8-18/h4-13,20H,14H2,1-3H3. The van der Waals surface area contributed by atoms with Gasteiger partial charge in [-0.25, -0.2) is 17.7 Å². The van der Waals surface area contributed by atoms with Gasteiger partial charge >= 0.3 is 0 Å². The van der Waals surface area contributed by atoms with E-state index < -0.39 is 10.0 Å². The Hall–Kier alpha value is -2.93. The van der Waals surface area contributed by atoms with E-state index in [-0.39, 0.29) is 10.8 Å². The fourth-order valence-electron chi connectivity index (χ4n) is 3.56. The largest absolute Gasteiger partial charge is 0.276 e. The lowest BCUT2D eigenvalue weighted by Gasteiger charge is -2.19. The van der Waals surface area contributed by atoms with Crippen molar-refractivity contribution in [2.75, 3.05) is 10.8 Å². The zero-order chi connectivity index (χ0) is 19.9. The predicted molar refractivity (Wildman–Crippen MR) is 110 cm³/mol. The summed E-state index contributed by atoms with van der Waals surface area (Å²) in [6.45, 7) is 4.36. The Bertz CT molecular complexity index is 1150. The number of hydrogen-bond acceptors (Lipinski definition) is 4. The van der Waals surface area contributed by atoms with Gasteiger partial charge in [-0.2, -0.15) is 5.10 Å². The van der Waals surface area contributed by atoms with Gasteiger partial charge in [0.25, 0.3) is 10.0 Å². The van der Waals surface area contributed by atoms with Gasteiger partial charge in [0.1, 0.15) is 5.82 Å². The van der Waals surface area contributed by atoms with Crippen molar-refractivity contribution in [3.05, 3.63) is 77.3 Å². The van der Waals surface area contributed by atoms with Crippen LogP contribution in [-0.4, -0.2) is 29.7 Å². The average molecular weight is 395 g/mol. The van der Waals surface area contributed by atoms with Crippen LogP contribution < -0.4 is 4.31 Å². The second-order valence-electron chi connectivity index (χ2n) is 7.25. The summed E-state index contributed by atoms with van der Waals surface area (Å²) >= 11 is 0. The van der Waals surface area contributed by atoms with Crippen LogP contribution in [0.2, 0.25) is 0 Å². The molecule has 0 saturated heterocycles. The number of aryl methyl sites for hydroxylation is 1. The molecule has 1 aliphatic heterocycles. The molecule has 28 heavy (non-hydrogen) atoms. The lowest BCUT2D eigenvalue weighted by Crippen LogP contribution is -2.30. The second kappa shape index (κ2) is 6.91. The summed E-state index contributed by atoms with van der Waals surface area (Å²) in [6.07, 6.45) is 7.49. The van der Waals surface area contributed by atoms with Gasteiger partial charge in [0.2, 0.25) is 0 Å². The molecule has 6 nitrogen and oxygen atoms in total. The highest BCUT2D eigenvalue weighted by Crippen LogP contribution is 2.42. The van der Waals surface area contributed by atoms with E-state index in [0.29, 0.717) is 12.4 Å². The molecule has 0 bridgehead atoms. The molecule has 1 unspecified atom stereocenters. The van der Waals surface area contributed by atoms with Crippen molar-refractivity contribution < 1.29 is 8.42 Å². The molecule has 3 heterocycles. The summed E-state index contributed by atoms with van der Waals surface area (Å²) in [5.74, 6) is 0.379. The number of rotatable bonds is 4. The van der Waals surface area contributed by atoms with Crippen LogP contribution in [0.3, 0.4) is 0 Å². The molecule has 3 aromatic rings. The number of hydrogen-bond donors (Lipinski definition) is 0. The van der Waals surface area contributed by atoms with Crippen molar-refractivity contribution in [1.82, 2.24) is 14.8 Å². The van der Waals surface area contributed by atoms with Gasteiger partial charge in [-0.05, 0) is 43.2 Å². The van der Waals surface area contributed by atoms with Crippen LogP contribution in [0.15, 0.2) is 65.5 Å². The molecule has 1 atom stereocenters. The SMILES string of the molecule is CC(C)=Cc1cnc2c(c1)C(c1cnn(C)c1)CN2S(=O)(=O)c1ccccc1.